The molecule has 0 aliphatic carbocycles. The number of hydrogen-bond acceptors (Lipinski definition) is 2. The molecule has 0 fully saturated rings. The fourth-order valence-corrected chi connectivity index (χ4v) is 1.01. The van der Waals surface area contributed by atoms with Gasteiger partial charge in [0.05, 0.1) is 0 Å². The van der Waals surface area contributed by atoms with Gasteiger partial charge in [0.2, 0.25) is 0 Å². The Morgan fingerprint density at radius 1 is 0.706 bits per heavy atom. The van der Waals surface area contributed by atoms with Gasteiger partial charge in [-0.3, -0.25) is 0 Å². The number of carboxylic acids is 2. The first kappa shape index (κ1) is 15.5. The molecule has 0 saturated heterocycles. The third-order valence-electron chi connectivity index (χ3n) is 1.69. The van der Waals surface area contributed by atoms with Crippen molar-refractivity contribution in [1.29, 1.82) is 0 Å². The van der Waals surface area contributed by atoms with Crippen molar-refractivity contribution in [2.45, 2.75) is 0 Å². The minimum atomic E-state index is -2.26. The maximum atomic E-state index is 12.9. The van der Waals surface area contributed by atoms with E-state index in [1.807, 2.05) is 0 Å². The summed E-state index contributed by atoms with van der Waals surface area (Å²) in [7, 11) is 0. The molecule has 0 unspecified atom stereocenters. The van der Waals surface area contributed by atoms with Gasteiger partial charge in [0, 0.05) is 0 Å². The van der Waals surface area contributed by atoms with Crippen LogP contribution in [0.4, 0.5) is 17.6 Å². The average molecular weight is 246 g/mol. The van der Waals surface area contributed by atoms with Gasteiger partial charge in [-0.05, 0) is 0 Å². The van der Waals surface area contributed by atoms with Crippen molar-refractivity contribution < 1.29 is 37.4 Å². The summed E-state index contributed by atoms with van der Waals surface area (Å²) in [6.07, 6.45) is 0. The van der Waals surface area contributed by atoms with Crippen LogP contribution in [0.2, 0.25) is 0 Å². The van der Waals surface area contributed by atoms with Crippen LogP contribution < -0.4 is 0 Å². The SMILES string of the molecule is O=C(O)c1c(F)c(F)c(C(=O)O)c(F)c1F.[LiH]. The van der Waals surface area contributed by atoms with Crippen molar-refractivity contribution >= 4 is 30.8 Å². The minimum absolute atomic E-state index is 0. The summed E-state index contributed by atoms with van der Waals surface area (Å²) in [6, 6.07) is 0. The zero-order valence-corrected chi connectivity index (χ0v) is 7.22. The van der Waals surface area contributed by atoms with E-state index in [9.17, 15) is 27.2 Å². The zero-order chi connectivity index (χ0) is 12.6. The quantitative estimate of drug-likeness (QED) is 0.463. The molecule has 1 aromatic carbocycles. The number of carbonyl (C=O) groups is 2. The Bertz CT molecular complexity index is 429. The molecule has 0 amide bonds. The second-order valence-corrected chi connectivity index (χ2v) is 2.62. The molecule has 2 N–H and O–H groups in total. The summed E-state index contributed by atoms with van der Waals surface area (Å²) in [5, 5.41) is 16.5. The summed E-state index contributed by atoms with van der Waals surface area (Å²) in [5.41, 5.74) is -3.75. The molecule has 17 heavy (non-hydrogen) atoms. The molecule has 1 rings (SSSR count). The van der Waals surface area contributed by atoms with E-state index < -0.39 is 46.3 Å². The second-order valence-electron chi connectivity index (χ2n) is 2.62. The summed E-state index contributed by atoms with van der Waals surface area (Å²) in [6.45, 7) is 0. The van der Waals surface area contributed by atoms with Gasteiger partial charge in [0.25, 0.3) is 0 Å². The molecule has 0 aromatic heterocycles. The van der Waals surface area contributed by atoms with Gasteiger partial charge < -0.3 is 10.2 Å². The number of aromatic carboxylic acids is 2. The number of rotatable bonds is 2. The average Bonchev–Trinajstić information content (AvgIpc) is 2.14. The topological polar surface area (TPSA) is 74.6 Å². The van der Waals surface area contributed by atoms with Crippen LogP contribution >= 0.6 is 0 Å². The monoisotopic (exact) mass is 246 g/mol. The number of benzene rings is 1. The van der Waals surface area contributed by atoms with Crippen LogP contribution in [0.15, 0.2) is 0 Å². The normalized spacial score (nSPS) is 9.65. The van der Waals surface area contributed by atoms with Crippen LogP contribution in [0.1, 0.15) is 20.7 Å². The van der Waals surface area contributed by atoms with Crippen molar-refractivity contribution in [3.63, 3.8) is 0 Å². The van der Waals surface area contributed by atoms with Gasteiger partial charge in [-0.2, -0.15) is 0 Å². The van der Waals surface area contributed by atoms with Crippen molar-refractivity contribution in [2.24, 2.45) is 0 Å². The van der Waals surface area contributed by atoms with E-state index in [0.717, 1.165) is 0 Å². The van der Waals surface area contributed by atoms with E-state index in [0.29, 0.717) is 0 Å². The Hall–Kier alpha value is -1.52. The van der Waals surface area contributed by atoms with Crippen molar-refractivity contribution in [3.05, 3.63) is 34.4 Å². The Kier molecular flexibility index (Phi) is 4.74. The third kappa shape index (κ3) is 2.43. The molecule has 0 heterocycles. The van der Waals surface area contributed by atoms with E-state index >= 15 is 0 Å². The Morgan fingerprint density at radius 2 is 0.882 bits per heavy atom. The molecule has 0 bridgehead atoms. The van der Waals surface area contributed by atoms with Gasteiger partial charge in [0.1, 0.15) is 11.1 Å². The Morgan fingerprint density at radius 3 is 1.00 bits per heavy atom. The van der Waals surface area contributed by atoms with Crippen LogP contribution in [-0.2, 0) is 0 Å². The van der Waals surface area contributed by atoms with E-state index in [1.54, 1.807) is 0 Å². The van der Waals surface area contributed by atoms with Gasteiger partial charge in [-0.1, -0.05) is 0 Å². The predicted octanol–water partition coefficient (Wildman–Crippen LogP) is 0.991. The van der Waals surface area contributed by atoms with Gasteiger partial charge in [-0.15, -0.1) is 0 Å². The van der Waals surface area contributed by atoms with E-state index in [-0.39, 0.29) is 18.9 Å². The summed E-state index contributed by atoms with van der Waals surface area (Å²) < 4.78 is 51.6. The van der Waals surface area contributed by atoms with Gasteiger partial charge >= 0.3 is 30.8 Å². The Labute approximate surface area is 103 Å². The predicted molar refractivity (Wildman–Crippen MR) is 47.3 cm³/mol. The van der Waals surface area contributed by atoms with E-state index in [1.165, 1.54) is 0 Å². The molecule has 0 radical (unpaired) electrons. The molecule has 1 aromatic rings. The van der Waals surface area contributed by atoms with Crippen LogP contribution in [0.5, 0.6) is 0 Å². The van der Waals surface area contributed by atoms with Crippen LogP contribution in [0.3, 0.4) is 0 Å². The number of carboxylic acid groups (broad SMARTS) is 2. The van der Waals surface area contributed by atoms with Crippen molar-refractivity contribution in [1.82, 2.24) is 0 Å². The molecule has 0 spiro atoms. The molecule has 0 saturated carbocycles. The first-order valence-corrected chi connectivity index (χ1v) is 3.61. The first-order chi connectivity index (χ1) is 7.29. The summed E-state index contributed by atoms with van der Waals surface area (Å²) in [4.78, 5) is 20.5. The molecule has 4 nitrogen and oxygen atoms in total. The third-order valence-corrected chi connectivity index (χ3v) is 1.69. The molecule has 0 aliphatic heterocycles. The molecule has 0 aliphatic rings. The second kappa shape index (κ2) is 5.20. The standard InChI is InChI=1S/C8H2F4O4.Li.H/c9-3-1(7(13)14)4(10)6(12)2(5(3)11)8(15)16;;/h(H,13,14)(H,15,16);;. The zero-order valence-electron chi connectivity index (χ0n) is 7.22. The van der Waals surface area contributed by atoms with Gasteiger partial charge in [0.15, 0.2) is 23.3 Å². The van der Waals surface area contributed by atoms with Crippen LogP contribution in [0.25, 0.3) is 0 Å². The van der Waals surface area contributed by atoms with Crippen molar-refractivity contribution in [2.75, 3.05) is 0 Å². The van der Waals surface area contributed by atoms with Crippen LogP contribution in [0, 0.1) is 23.3 Å². The number of hydrogen-bond donors (Lipinski definition) is 2. The molecule has 88 valence electrons. The molecule has 9 heteroatoms. The van der Waals surface area contributed by atoms with Crippen molar-refractivity contribution in [3.8, 4) is 0 Å². The first-order valence-electron chi connectivity index (χ1n) is 3.61. The number of halogens is 4. The van der Waals surface area contributed by atoms with Crippen LogP contribution in [-0.4, -0.2) is 41.0 Å². The molecular formula is C8H3F4LiO4. The molecule has 0 atom stereocenters. The fourth-order valence-electron chi connectivity index (χ4n) is 1.01. The fraction of sp³-hybridized carbons (Fsp3) is 0. The van der Waals surface area contributed by atoms with E-state index in [4.69, 9.17) is 10.2 Å². The summed E-state index contributed by atoms with van der Waals surface area (Å²) >= 11 is 0. The maximum absolute atomic E-state index is 12.9. The van der Waals surface area contributed by atoms with Gasteiger partial charge in [-0.25, -0.2) is 27.2 Å². The van der Waals surface area contributed by atoms with E-state index in [2.05, 4.69) is 0 Å². The Balaban J connectivity index is 0.00000256. The molecular weight excluding hydrogens is 243 g/mol. The summed E-state index contributed by atoms with van der Waals surface area (Å²) in [5.74, 6) is -13.5.